The molecule has 0 fully saturated rings. The van der Waals surface area contributed by atoms with Crippen LogP contribution in [-0.4, -0.2) is 37.2 Å². The minimum Gasteiger partial charge on any atom is -0.462 e. The maximum atomic E-state index is 12.7. The molecule has 0 saturated carbocycles. The van der Waals surface area contributed by atoms with Gasteiger partial charge in [-0.3, -0.25) is 14.4 Å². The van der Waals surface area contributed by atoms with E-state index in [4.69, 9.17) is 14.2 Å². The minimum absolute atomic E-state index is 0.0897. The largest absolute Gasteiger partial charge is 0.462 e. The minimum atomic E-state index is -0.788. The average molecular weight is 781 g/mol. The van der Waals surface area contributed by atoms with Crippen molar-refractivity contribution in [1.29, 1.82) is 0 Å². The second kappa shape index (κ2) is 44.6. The molecule has 0 heterocycles. The van der Waals surface area contributed by atoms with E-state index in [0.717, 1.165) is 109 Å². The summed E-state index contributed by atoms with van der Waals surface area (Å²) in [5, 5.41) is 0. The SMILES string of the molecule is CC/C=C\C/C=C\C/C=C\C/C=C\C/C=C\CCCCCC(=O)OCC(COC(=O)CCCCCCCCC)OC(=O)CCCCCCC/C=C\CCCCC. The molecular formula is C50H84O6. The Bertz CT molecular complexity index is 1080. The molecule has 56 heavy (non-hydrogen) atoms. The van der Waals surface area contributed by atoms with Crippen LogP contribution in [0.15, 0.2) is 72.9 Å². The predicted octanol–water partition coefficient (Wildman–Crippen LogP) is 14.7. The molecule has 0 rings (SSSR count). The van der Waals surface area contributed by atoms with Gasteiger partial charge in [-0.1, -0.05) is 171 Å². The van der Waals surface area contributed by atoms with Crippen molar-refractivity contribution >= 4 is 17.9 Å². The van der Waals surface area contributed by atoms with E-state index in [2.05, 4.69) is 93.7 Å². The first-order valence-corrected chi connectivity index (χ1v) is 22.9. The highest BCUT2D eigenvalue weighted by atomic mass is 16.6. The summed E-state index contributed by atoms with van der Waals surface area (Å²) in [6.07, 6.45) is 54.7. The summed E-state index contributed by atoms with van der Waals surface area (Å²) in [6, 6.07) is 0. The molecule has 0 aliphatic rings. The molecular weight excluding hydrogens is 697 g/mol. The van der Waals surface area contributed by atoms with Gasteiger partial charge in [-0.25, -0.2) is 0 Å². The summed E-state index contributed by atoms with van der Waals surface area (Å²) in [5.41, 5.74) is 0. The van der Waals surface area contributed by atoms with Crippen LogP contribution in [-0.2, 0) is 28.6 Å². The van der Waals surface area contributed by atoms with Crippen molar-refractivity contribution in [2.75, 3.05) is 13.2 Å². The van der Waals surface area contributed by atoms with Crippen LogP contribution in [0.2, 0.25) is 0 Å². The lowest BCUT2D eigenvalue weighted by atomic mass is 10.1. The van der Waals surface area contributed by atoms with Crippen LogP contribution in [0.1, 0.15) is 207 Å². The monoisotopic (exact) mass is 781 g/mol. The lowest BCUT2D eigenvalue weighted by Gasteiger charge is -2.18. The van der Waals surface area contributed by atoms with Gasteiger partial charge in [0.05, 0.1) is 0 Å². The number of hydrogen-bond acceptors (Lipinski definition) is 6. The highest BCUT2D eigenvalue weighted by Gasteiger charge is 2.19. The standard InChI is InChI=1S/C50H84O6/c1-4-7-10-13-16-18-20-22-23-24-25-26-27-28-30-31-34-37-40-43-49(52)55-46-47(45-54-48(51)42-39-36-33-15-12-9-6-3)56-50(53)44-41-38-35-32-29-21-19-17-14-11-8-5-2/h7,10,16-19,22-23,25-26,28,30,47H,4-6,8-9,11-15,20-21,24,27,29,31-46H2,1-3H3/b10-7-,18-16-,19-17-,23-22-,26-25-,30-28-. The first kappa shape index (κ1) is 52.9. The fraction of sp³-hybridized carbons (Fsp3) is 0.700. The number of unbranched alkanes of at least 4 members (excludes halogenated alkanes) is 17. The molecule has 0 aromatic rings. The van der Waals surface area contributed by atoms with Crippen LogP contribution in [0.25, 0.3) is 0 Å². The maximum absolute atomic E-state index is 12.7. The number of carbonyl (C=O) groups excluding carboxylic acids is 3. The Morgan fingerprint density at radius 2 is 0.696 bits per heavy atom. The van der Waals surface area contributed by atoms with E-state index in [9.17, 15) is 14.4 Å². The Morgan fingerprint density at radius 1 is 0.375 bits per heavy atom. The van der Waals surface area contributed by atoms with Crippen LogP contribution >= 0.6 is 0 Å². The molecule has 1 atom stereocenters. The normalized spacial score (nSPS) is 12.7. The van der Waals surface area contributed by atoms with Gasteiger partial charge >= 0.3 is 17.9 Å². The molecule has 0 amide bonds. The first-order valence-electron chi connectivity index (χ1n) is 22.9. The number of rotatable bonds is 40. The van der Waals surface area contributed by atoms with E-state index < -0.39 is 6.10 Å². The Kier molecular flexibility index (Phi) is 42.1. The number of allylic oxidation sites excluding steroid dienone is 12. The quantitative estimate of drug-likeness (QED) is 0.0267. The highest BCUT2D eigenvalue weighted by molar-refractivity contribution is 5.71. The van der Waals surface area contributed by atoms with Crippen LogP contribution in [0.3, 0.4) is 0 Å². The van der Waals surface area contributed by atoms with Crippen molar-refractivity contribution in [1.82, 2.24) is 0 Å². The highest BCUT2D eigenvalue weighted by Crippen LogP contribution is 2.12. The first-order chi connectivity index (χ1) is 27.5. The third-order valence-corrected chi connectivity index (χ3v) is 9.45. The molecule has 6 nitrogen and oxygen atoms in total. The Hall–Kier alpha value is -3.15. The zero-order valence-electron chi connectivity index (χ0n) is 36.4. The molecule has 0 bridgehead atoms. The van der Waals surface area contributed by atoms with Crippen LogP contribution in [0.5, 0.6) is 0 Å². The third kappa shape index (κ3) is 42.0. The maximum Gasteiger partial charge on any atom is 0.306 e. The molecule has 0 saturated heterocycles. The number of ether oxygens (including phenoxy) is 3. The van der Waals surface area contributed by atoms with Gasteiger partial charge in [0.15, 0.2) is 6.10 Å². The number of hydrogen-bond donors (Lipinski definition) is 0. The smallest absolute Gasteiger partial charge is 0.306 e. The summed E-state index contributed by atoms with van der Waals surface area (Å²) in [7, 11) is 0. The van der Waals surface area contributed by atoms with Gasteiger partial charge in [-0.2, -0.15) is 0 Å². The van der Waals surface area contributed by atoms with E-state index in [1.54, 1.807) is 0 Å². The van der Waals surface area contributed by atoms with E-state index in [1.807, 2.05) is 0 Å². The molecule has 0 N–H and O–H groups in total. The molecule has 0 aromatic carbocycles. The van der Waals surface area contributed by atoms with Gasteiger partial charge in [-0.05, 0) is 89.9 Å². The zero-order chi connectivity index (χ0) is 40.8. The molecule has 0 aromatic heterocycles. The van der Waals surface area contributed by atoms with Gasteiger partial charge in [0.1, 0.15) is 13.2 Å². The van der Waals surface area contributed by atoms with Crippen LogP contribution < -0.4 is 0 Å². The van der Waals surface area contributed by atoms with Gasteiger partial charge < -0.3 is 14.2 Å². The summed E-state index contributed by atoms with van der Waals surface area (Å²) < 4.78 is 16.6. The molecule has 320 valence electrons. The lowest BCUT2D eigenvalue weighted by Crippen LogP contribution is -2.30. The summed E-state index contributed by atoms with van der Waals surface area (Å²) in [5.74, 6) is -0.945. The summed E-state index contributed by atoms with van der Waals surface area (Å²) in [4.78, 5) is 37.6. The molecule has 0 spiro atoms. The van der Waals surface area contributed by atoms with Crippen molar-refractivity contribution in [2.24, 2.45) is 0 Å². The van der Waals surface area contributed by atoms with Crippen molar-refractivity contribution in [3.8, 4) is 0 Å². The van der Waals surface area contributed by atoms with Gasteiger partial charge in [0.25, 0.3) is 0 Å². The Balaban J connectivity index is 4.37. The fourth-order valence-electron chi connectivity index (χ4n) is 5.99. The Labute approximate surface area is 344 Å². The van der Waals surface area contributed by atoms with Crippen molar-refractivity contribution in [3.63, 3.8) is 0 Å². The lowest BCUT2D eigenvalue weighted by molar-refractivity contribution is -0.167. The average Bonchev–Trinajstić information content (AvgIpc) is 3.19. The number of esters is 3. The van der Waals surface area contributed by atoms with Crippen molar-refractivity contribution in [2.45, 2.75) is 213 Å². The summed E-state index contributed by atoms with van der Waals surface area (Å²) in [6.45, 7) is 6.40. The second-order valence-electron chi connectivity index (χ2n) is 14.9. The van der Waals surface area contributed by atoms with Crippen LogP contribution in [0.4, 0.5) is 0 Å². The fourth-order valence-corrected chi connectivity index (χ4v) is 5.99. The van der Waals surface area contributed by atoms with Crippen LogP contribution in [0, 0.1) is 0 Å². The zero-order valence-corrected chi connectivity index (χ0v) is 36.4. The summed E-state index contributed by atoms with van der Waals surface area (Å²) >= 11 is 0. The Morgan fingerprint density at radius 3 is 1.16 bits per heavy atom. The predicted molar refractivity (Wildman–Crippen MR) is 238 cm³/mol. The van der Waals surface area contributed by atoms with Crippen molar-refractivity contribution in [3.05, 3.63) is 72.9 Å². The third-order valence-electron chi connectivity index (χ3n) is 9.45. The van der Waals surface area contributed by atoms with E-state index in [-0.39, 0.29) is 31.1 Å². The molecule has 0 radical (unpaired) electrons. The van der Waals surface area contributed by atoms with Crippen molar-refractivity contribution < 1.29 is 28.6 Å². The molecule has 0 aliphatic heterocycles. The van der Waals surface area contributed by atoms with E-state index in [1.165, 1.54) is 57.8 Å². The van der Waals surface area contributed by atoms with Gasteiger partial charge in [0, 0.05) is 19.3 Å². The molecule has 1 unspecified atom stereocenters. The van der Waals surface area contributed by atoms with E-state index >= 15 is 0 Å². The van der Waals surface area contributed by atoms with Gasteiger partial charge in [0.2, 0.25) is 0 Å². The molecule has 6 heteroatoms. The molecule has 0 aliphatic carbocycles. The van der Waals surface area contributed by atoms with E-state index in [0.29, 0.717) is 19.3 Å². The van der Waals surface area contributed by atoms with Gasteiger partial charge in [-0.15, -0.1) is 0 Å². The topological polar surface area (TPSA) is 78.9 Å². The second-order valence-corrected chi connectivity index (χ2v) is 14.9. The number of carbonyl (C=O) groups is 3.